The Morgan fingerprint density at radius 3 is 2.54 bits per heavy atom. The molecule has 2 rings (SSSR count). The van der Waals surface area contributed by atoms with Crippen LogP contribution in [0.2, 0.25) is 0 Å². The second kappa shape index (κ2) is 9.64. The SMILES string of the molecule is CC(O)CC(CNC(=O)NCC1CCN(C)CC1)c1ccccc1. The molecule has 24 heavy (non-hydrogen) atoms. The Morgan fingerprint density at radius 1 is 1.25 bits per heavy atom. The van der Waals surface area contributed by atoms with E-state index in [0.29, 0.717) is 18.9 Å². The first-order chi connectivity index (χ1) is 11.5. The van der Waals surface area contributed by atoms with Crippen LogP contribution in [0.1, 0.15) is 37.7 Å². The summed E-state index contributed by atoms with van der Waals surface area (Å²) in [6.07, 6.45) is 2.54. The van der Waals surface area contributed by atoms with E-state index < -0.39 is 0 Å². The summed E-state index contributed by atoms with van der Waals surface area (Å²) in [5, 5.41) is 15.7. The Balaban J connectivity index is 1.75. The third kappa shape index (κ3) is 6.49. The first-order valence-electron chi connectivity index (χ1n) is 8.98. The van der Waals surface area contributed by atoms with Crippen molar-refractivity contribution in [3.05, 3.63) is 35.9 Å². The molecule has 2 unspecified atom stereocenters. The molecule has 2 amide bonds. The molecule has 5 nitrogen and oxygen atoms in total. The van der Waals surface area contributed by atoms with E-state index in [0.717, 1.165) is 38.0 Å². The highest BCUT2D eigenvalue weighted by Crippen LogP contribution is 2.20. The third-order valence-corrected chi connectivity index (χ3v) is 4.80. The summed E-state index contributed by atoms with van der Waals surface area (Å²) in [4.78, 5) is 14.4. The number of rotatable bonds is 7. The van der Waals surface area contributed by atoms with Gasteiger partial charge in [-0.1, -0.05) is 30.3 Å². The summed E-state index contributed by atoms with van der Waals surface area (Å²) in [5.41, 5.74) is 1.15. The van der Waals surface area contributed by atoms with Gasteiger partial charge in [0.15, 0.2) is 0 Å². The standard InChI is InChI=1S/C19H31N3O2/c1-15(23)12-18(17-6-4-3-5-7-17)14-21-19(24)20-13-16-8-10-22(2)11-9-16/h3-7,15-16,18,23H,8-14H2,1-2H3,(H2,20,21,24). The van der Waals surface area contributed by atoms with Gasteiger partial charge in [0.25, 0.3) is 0 Å². The van der Waals surface area contributed by atoms with Gasteiger partial charge in [0.2, 0.25) is 0 Å². The van der Waals surface area contributed by atoms with Crippen LogP contribution in [-0.2, 0) is 0 Å². The molecule has 1 saturated heterocycles. The van der Waals surface area contributed by atoms with Crippen molar-refractivity contribution >= 4 is 6.03 Å². The summed E-state index contributed by atoms with van der Waals surface area (Å²) >= 11 is 0. The van der Waals surface area contributed by atoms with Gasteiger partial charge >= 0.3 is 6.03 Å². The fraction of sp³-hybridized carbons (Fsp3) is 0.632. The molecule has 1 aromatic rings. The van der Waals surface area contributed by atoms with Crippen molar-refractivity contribution in [2.24, 2.45) is 5.92 Å². The van der Waals surface area contributed by atoms with Crippen LogP contribution in [-0.4, -0.2) is 55.4 Å². The van der Waals surface area contributed by atoms with Crippen LogP contribution in [0.25, 0.3) is 0 Å². The largest absolute Gasteiger partial charge is 0.393 e. The smallest absolute Gasteiger partial charge is 0.314 e. The lowest BCUT2D eigenvalue weighted by molar-refractivity contribution is 0.173. The zero-order valence-corrected chi connectivity index (χ0v) is 14.9. The molecule has 3 N–H and O–H groups in total. The van der Waals surface area contributed by atoms with Gasteiger partial charge in [-0.15, -0.1) is 0 Å². The van der Waals surface area contributed by atoms with E-state index >= 15 is 0 Å². The first-order valence-corrected chi connectivity index (χ1v) is 8.98. The van der Waals surface area contributed by atoms with Gasteiger partial charge in [0.1, 0.15) is 0 Å². The number of hydrogen-bond donors (Lipinski definition) is 3. The van der Waals surface area contributed by atoms with Crippen molar-refractivity contribution in [1.29, 1.82) is 0 Å². The Bertz CT molecular complexity index is 485. The zero-order valence-electron chi connectivity index (χ0n) is 14.9. The monoisotopic (exact) mass is 333 g/mol. The van der Waals surface area contributed by atoms with Crippen molar-refractivity contribution in [3.8, 4) is 0 Å². The number of nitrogens with one attached hydrogen (secondary N) is 2. The lowest BCUT2D eigenvalue weighted by Gasteiger charge is -2.29. The summed E-state index contributed by atoms with van der Waals surface area (Å²) in [5.74, 6) is 0.703. The highest BCUT2D eigenvalue weighted by Gasteiger charge is 2.18. The number of nitrogens with zero attached hydrogens (tertiary/aromatic N) is 1. The van der Waals surface area contributed by atoms with Gasteiger partial charge in [0.05, 0.1) is 6.10 Å². The van der Waals surface area contributed by atoms with E-state index in [-0.39, 0.29) is 18.1 Å². The maximum atomic E-state index is 12.1. The molecule has 0 spiro atoms. The molecule has 1 aliphatic rings. The number of aliphatic hydroxyl groups excluding tert-OH is 1. The summed E-state index contributed by atoms with van der Waals surface area (Å²) in [6, 6.07) is 9.94. The minimum Gasteiger partial charge on any atom is -0.393 e. The molecule has 2 atom stereocenters. The molecular formula is C19H31N3O2. The quantitative estimate of drug-likeness (QED) is 0.717. The normalized spacial score (nSPS) is 18.8. The highest BCUT2D eigenvalue weighted by atomic mass is 16.3. The Morgan fingerprint density at radius 2 is 1.92 bits per heavy atom. The molecule has 1 fully saturated rings. The molecule has 134 valence electrons. The number of likely N-dealkylation sites (tertiary alicyclic amines) is 1. The lowest BCUT2D eigenvalue weighted by Crippen LogP contribution is -2.42. The summed E-state index contributed by atoms with van der Waals surface area (Å²) in [6.45, 7) is 5.28. The van der Waals surface area contributed by atoms with Crippen LogP contribution < -0.4 is 10.6 Å². The minimum atomic E-state index is -0.390. The number of benzene rings is 1. The number of aliphatic hydroxyl groups is 1. The van der Waals surface area contributed by atoms with E-state index in [1.165, 1.54) is 0 Å². The lowest BCUT2D eigenvalue weighted by atomic mass is 9.93. The van der Waals surface area contributed by atoms with Gasteiger partial charge in [-0.2, -0.15) is 0 Å². The van der Waals surface area contributed by atoms with Crippen LogP contribution >= 0.6 is 0 Å². The Kier molecular flexibility index (Phi) is 7.53. The Labute approximate surface area is 145 Å². The predicted octanol–water partition coefficient (Wildman–Crippen LogP) is 2.18. The van der Waals surface area contributed by atoms with Crippen molar-refractivity contribution in [2.45, 2.75) is 38.2 Å². The minimum absolute atomic E-state index is 0.111. The van der Waals surface area contributed by atoms with Crippen molar-refractivity contribution in [2.75, 3.05) is 33.2 Å². The molecule has 0 aliphatic carbocycles. The van der Waals surface area contributed by atoms with Gasteiger partial charge in [0, 0.05) is 19.0 Å². The van der Waals surface area contributed by atoms with Crippen molar-refractivity contribution in [1.82, 2.24) is 15.5 Å². The van der Waals surface area contributed by atoms with E-state index in [9.17, 15) is 9.90 Å². The van der Waals surface area contributed by atoms with E-state index in [1.54, 1.807) is 6.92 Å². The van der Waals surface area contributed by atoms with Crippen LogP contribution in [0, 0.1) is 5.92 Å². The van der Waals surface area contributed by atoms with Gasteiger partial charge < -0.3 is 20.6 Å². The molecule has 0 bridgehead atoms. The molecule has 1 aromatic carbocycles. The molecular weight excluding hydrogens is 302 g/mol. The summed E-state index contributed by atoms with van der Waals surface area (Å²) in [7, 11) is 2.14. The van der Waals surface area contributed by atoms with Crippen LogP contribution in [0.15, 0.2) is 30.3 Å². The number of carbonyl (C=O) groups excluding carboxylic acids is 1. The predicted molar refractivity (Wildman–Crippen MR) is 97.1 cm³/mol. The molecule has 1 aliphatic heterocycles. The van der Waals surface area contributed by atoms with Crippen LogP contribution in [0.5, 0.6) is 0 Å². The maximum Gasteiger partial charge on any atom is 0.314 e. The van der Waals surface area contributed by atoms with Crippen molar-refractivity contribution < 1.29 is 9.90 Å². The maximum absolute atomic E-state index is 12.1. The summed E-state index contributed by atoms with van der Waals surface area (Å²) < 4.78 is 0. The molecule has 5 heteroatoms. The topological polar surface area (TPSA) is 64.6 Å². The number of hydrogen-bond acceptors (Lipinski definition) is 3. The second-order valence-corrected chi connectivity index (χ2v) is 7.03. The van der Waals surface area contributed by atoms with Gasteiger partial charge in [-0.25, -0.2) is 4.79 Å². The highest BCUT2D eigenvalue weighted by molar-refractivity contribution is 5.73. The Hall–Kier alpha value is -1.59. The molecule has 0 aromatic heterocycles. The molecule has 1 heterocycles. The average Bonchev–Trinajstić information content (AvgIpc) is 2.58. The third-order valence-electron chi connectivity index (χ3n) is 4.80. The van der Waals surface area contributed by atoms with Gasteiger partial charge in [-0.05, 0) is 57.8 Å². The molecule has 0 saturated carbocycles. The molecule has 0 radical (unpaired) electrons. The second-order valence-electron chi connectivity index (χ2n) is 7.03. The number of carbonyl (C=O) groups is 1. The van der Waals surface area contributed by atoms with E-state index in [2.05, 4.69) is 22.6 Å². The fourth-order valence-electron chi connectivity index (χ4n) is 3.26. The van der Waals surface area contributed by atoms with Crippen molar-refractivity contribution in [3.63, 3.8) is 0 Å². The van der Waals surface area contributed by atoms with Crippen LogP contribution in [0.3, 0.4) is 0 Å². The van der Waals surface area contributed by atoms with E-state index in [4.69, 9.17) is 0 Å². The fourth-order valence-corrected chi connectivity index (χ4v) is 3.26. The number of amides is 2. The van der Waals surface area contributed by atoms with Crippen LogP contribution in [0.4, 0.5) is 4.79 Å². The first kappa shape index (κ1) is 18.7. The number of piperidine rings is 1. The average molecular weight is 333 g/mol. The van der Waals surface area contributed by atoms with Gasteiger partial charge in [-0.3, -0.25) is 0 Å². The number of urea groups is 1. The van der Waals surface area contributed by atoms with E-state index in [1.807, 2.05) is 30.3 Å². The zero-order chi connectivity index (χ0) is 17.4.